The average molecular weight is 429 g/mol. The number of hydrogen-bond acceptors (Lipinski definition) is 5. The van der Waals surface area contributed by atoms with E-state index in [1.165, 1.54) is 14.0 Å². The van der Waals surface area contributed by atoms with Crippen LogP contribution in [0.4, 0.5) is 4.79 Å². The highest BCUT2D eigenvalue weighted by Gasteiger charge is 2.36. The number of ether oxygens (including phenoxy) is 2. The summed E-state index contributed by atoms with van der Waals surface area (Å²) in [6.45, 7) is 7.27. The van der Waals surface area contributed by atoms with E-state index in [0.29, 0.717) is 11.4 Å². The van der Waals surface area contributed by atoms with Crippen LogP contribution in [0.25, 0.3) is 5.69 Å². The van der Waals surface area contributed by atoms with Crippen LogP contribution < -0.4 is 10.4 Å². The lowest BCUT2D eigenvalue weighted by Crippen LogP contribution is -2.48. The van der Waals surface area contributed by atoms with E-state index in [0.717, 1.165) is 12.8 Å². The molecule has 166 valence electrons. The molecule has 1 fully saturated rings. The Bertz CT molecular complexity index is 1070. The van der Waals surface area contributed by atoms with Gasteiger partial charge in [0.15, 0.2) is 5.69 Å². The minimum atomic E-state index is -1.23. The zero-order chi connectivity index (χ0) is 22.5. The van der Waals surface area contributed by atoms with Crippen LogP contribution in [0.15, 0.2) is 29.1 Å². The lowest BCUT2D eigenvalue weighted by Gasteiger charge is -2.35. The standard InChI is InChI=1S/C22H27N3O6/c1-13-11-24-17(12-23(13)21(29)31-22(2,3)4)18(19(26)27)25(20(24)28)14-5-7-15(8-6-14)30-16-9-10-16/h5-8,13,16H,9-12H2,1-4H3,(H,26,27). The van der Waals surface area contributed by atoms with Crippen LogP contribution in [-0.2, 0) is 17.8 Å². The number of nitrogens with zero attached hydrogens (tertiary/aromatic N) is 3. The topological polar surface area (TPSA) is 103 Å². The molecule has 1 unspecified atom stereocenters. The van der Waals surface area contributed by atoms with Crippen LogP contribution in [0, 0.1) is 0 Å². The van der Waals surface area contributed by atoms with Crippen molar-refractivity contribution in [2.75, 3.05) is 0 Å². The Labute approximate surface area is 179 Å². The van der Waals surface area contributed by atoms with Gasteiger partial charge in [0, 0.05) is 6.54 Å². The van der Waals surface area contributed by atoms with E-state index in [2.05, 4.69) is 0 Å². The number of fused-ring (bicyclic) bond motifs is 1. The summed E-state index contributed by atoms with van der Waals surface area (Å²) in [4.78, 5) is 39.4. The molecule has 9 heteroatoms. The number of aromatic nitrogens is 2. The molecule has 2 aromatic rings. The summed E-state index contributed by atoms with van der Waals surface area (Å²) in [7, 11) is 0. The SMILES string of the molecule is CC1Cn2c(c(C(=O)O)n(-c3ccc(OC4CC4)cc3)c2=O)CN1C(=O)OC(C)(C)C. The summed E-state index contributed by atoms with van der Waals surface area (Å²) >= 11 is 0. The fraction of sp³-hybridized carbons (Fsp3) is 0.500. The Morgan fingerprint density at radius 1 is 1.13 bits per heavy atom. The van der Waals surface area contributed by atoms with Crippen LogP contribution >= 0.6 is 0 Å². The smallest absolute Gasteiger partial charge is 0.410 e. The second-order valence-corrected chi connectivity index (χ2v) is 9.10. The van der Waals surface area contributed by atoms with Crippen LogP contribution in [0.1, 0.15) is 56.7 Å². The molecule has 31 heavy (non-hydrogen) atoms. The van der Waals surface area contributed by atoms with Crippen molar-refractivity contribution >= 4 is 12.1 Å². The van der Waals surface area contributed by atoms with Gasteiger partial charge in [0.2, 0.25) is 0 Å². The van der Waals surface area contributed by atoms with E-state index in [4.69, 9.17) is 9.47 Å². The number of carboxylic acid groups (broad SMARTS) is 1. The highest BCUT2D eigenvalue weighted by Crippen LogP contribution is 2.28. The molecule has 1 aromatic carbocycles. The molecule has 1 atom stereocenters. The van der Waals surface area contributed by atoms with Crippen LogP contribution in [0.3, 0.4) is 0 Å². The second-order valence-electron chi connectivity index (χ2n) is 9.10. The van der Waals surface area contributed by atoms with Crippen molar-refractivity contribution in [3.63, 3.8) is 0 Å². The molecule has 0 radical (unpaired) electrons. The summed E-state index contributed by atoms with van der Waals surface area (Å²) in [6, 6.07) is 6.49. The van der Waals surface area contributed by atoms with Gasteiger partial charge in [-0.3, -0.25) is 14.0 Å². The molecule has 1 aromatic heterocycles. The predicted molar refractivity (Wildman–Crippen MR) is 112 cm³/mol. The van der Waals surface area contributed by atoms with Gasteiger partial charge in [-0.1, -0.05) is 0 Å². The number of carbonyl (C=O) groups excluding carboxylic acids is 1. The third-order valence-corrected chi connectivity index (χ3v) is 5.30. The van der Waals surface area contributed by atoms with Crippen molar-refractivity contribution < 1.29 is 24.2 Å². The minimum Gasteiger partial charge on any atom is -0.490 e. The molecule has 1 N–H and O–H groups in total. The summed E-state index contributed by atoms with van der Waals surface area (Å²) in [6.07, 6.45) is 1.76. The van der Waals surface area contributed by atoms with Gasteiger partial charge in [0.05, 0.1) is 30.1 Å². The molecule has 0 bridgehead atoms. The fourth-order valence-electron chi connectivity index (χ4n) is 3.69. The molecule has 1 amide bonds. The zero-order valence-corrected chi connectivity index (χ0v) is 18.1. The van der Waals surface area contributed by atoms with Crippen molar-refractivity contribution in [2.45, 2.75) is 71.4 Å². The first kappa shape index (κ1) is 21.0. The molecule has 0 saturated heterocycles. The first-order valence-electron chi connectivity index (χ1n) is 10.4. The van der Waals surface area contributed by atoms with Gasteiger partial charge in [0.25, 0.3) is 0 Å². The van der Waals surface area contributed by atoms with Crippen LogP contribution in [0.2, 0.25) is 0 Å². The molecular formula is C22H27N3O6. The summed E-state index contributed by atoms with van der Waals surface area (Å²) in [5, 5.41) is 9.92. The Morgan fingerprint density at radius 3 is 2.32 bits per heavy atom. The Balaban J connectivity index is 1.71. The lowest BCUT2D eigenvalue weighted by atomic mass is 10.1. The first-order valence-corrected chi connectivity index (χ1v) is 10.4. The van der Waals surface area contributed by atoms with E-state index >= 15 is 0 Å². The largest absolute Gasteiger partial charge is 0.490 e. The number of rotatable bonds is 4. The molecule has 2 aliphatic rings. The van der Waals surface area contributed by atoms with Gasteiger partial charge in [-0.25, -0.2) is 14.4 Å². The van der Waals surface area contributed by atoms with Crippen molar-refractivity contribution in [3.8, 4) is 11.4 Å². The molecule has 4 rings (SSSR count). The molecule has 1 aliphatic carbocycles. The maximum Gasteiger partial charge on any atom is 0.410 e. The van der Waals surface area contributed by atoms with Crippen molar-refractivity contribution in [1.82, 2.24) is 14.0 Å². The van der Waals surface area contributed by atoms with Gasteiger partial charge >= 0.3 is 17.8 Å². The Morgan fingerprint density at radius 2 is 1.77 bits per heavy atom. The Kier molecular flexibility index (Phi) is 5.07. The average Bonchev–Trinajstić information content (AvgIpc) is 3.44. The first-order chi connectivity index (χ1) is 14.5. The summed E-state index contributed by atoms with van der Waals surface area (Å²) in [5.41, 5.74) is -0.566. The van der Waals surface area contributed by atoms with Crippen LogP contribution in [0.5, 0.6) is 5.75 Å². The van der Waals surface area contributed by atoms with E-state index in [-0.39, 0.29) is 36.6 Å². The van der Waals surface area contributed by atoms with E-state index in [1.54, 1.807) is 52.0 Å². The highest BCUT2D eigenvalue weighted by atomic mass is 16.6. The normalized spacial score (nSPS) is 18.5. The fourth-order valence-corrected chi connectivity index (χ4v) is 3.69. The molecular weight excluding hydrogens is 402 g/mol. The molecule has 1 saturated carbocycles. The van der Waals surface area contributed by atoms with Gasteiger partial charge in [-0.15, -0.1) is 0 Å². The van der Waals surface area contributed by atoms with Crippen molar-refractivity contribution in [2.24, 2.45) is 0 Å². The van der Waals surface area contributed by atoms with Gasteiger partial charge in [-0.2, -0.15) is 0 Å². The number of carbonyl (C=O) groups is 2. The third kappa shape index (κ3) is 4.17. The number of benzene rings is 1. The van der Waals surface area contributed by atoms with E-state index < -0.39 is 23.4 Å². The maximum atomic E-state index is 13.2. The van der Waals surface area contributed by atoms with E-state index in [9.17, 15) is 19.5 Å². The van der Waals surface area contributed by atoms with E-state index in [1.807, 2.05) is 0 Å². The Hall–Kier alpha value is -3.23. The van der Waals surface area contributed by atoms with Gasteiger partial charge in [0.1, 0.15) is 11.4 Å². The summed E-state index contributed by atoms with van der Waals surface area (Å²) < 4.78 is 13.8. The summed E-state index contributed by atoms with van der Waals surface area (Å²) in [5.74, 6) is -0.548. The second kappa shape index (κ2) is 7.47. The molecule has 1 aliphatic heterocycles. The highest BCUT2D eigenvalue weighted by molar-refractivity contribution is 5.88. The molecule has 9 nitrogen and oxygen atoms in total. The molecule has 0 spiro atoms. The number of amides is 1. The number of carboxylic acids is 1. The number of hydrogen-bond donors (Lipinski definition) is 1. The van der Waals surface area contributed by atoms with Crippen molar-refractivity contribution in [3.05, 3.63) is 46.1 Å². The van der Waals surface area contributed by atoms with Crippen molar-refractivity contribution in [1.29, 1.82) is 0 Å². The van der Waals surface area contributed by atoms with Gasteiger partial charge in [-0.05, 0) is 64.8 Å². The number of imidazole rings is 1. The quantitative estimate of drug-likeness (QED) is 0.801. The third-order valence-electron chi connectivity index (χ3n) is 5.30. The number of aromatic carboxylic acids is 1. The molecule has 2 heterocycles. The predicted octanol–water partition coefficient (Wildman–Crippen LogP) is 3.02. The monoisotopic (exact) mass is 429 g/mol. The lowest BCUT2D eigenvalue weighted by molar-refractivity contribution is 0.00937. The minimum absolute atomic E-state index is 0.0250. The van der Waals surface area contributed by atoms with Crippen LogP contribution in [-0.4, -0.2) is 49.0 Å². The maximum absolute atomic E-state index is 13.2. The zero-order valence-electron chi connectivity index (χ0n) is 18.1. The van der Waals surface area contributed by atoms with Gasteiger partial charge < -0.3 is 14.6 Å².